The molecule has 6 heteroatoms. The van der Waals surface area contributed by atoms with Gasteiger partial charge in [-0.3, -0.25) is 9.59 Å². The topological polar surface area (TPSA) is 59.9 Å². The first-order valence-corrected chi connectivity index (χ1v) is 9.72. The van der Waals surface area contributed by atoms with E-state index in [0.29, 0.717) is 24.0 Å². The first kappa shape index (κ1) is 21.4. The highest BCUT2D eigenvalue weighted by Crippen LogP contribution is 2.14. The van der Waals surface area contributed by atoms with Crippen molar-refractivity contribution in [1.29, 1.82) is 0 Å². The number of ketones is 2. The number of nitrogens with zero attached hydrogens (tertiary/aromatic N) is 2. The summed E-state index contributed by atoms with van der Waals surface area (Å²) in [7, 11) is 0. The van der Waals surface area contributed by atoms with Gasteiger partial charge < -0.3 is 0 Å². The molecule has 30 heavy (non-hydrogen) atoms. The Bertz CT molecular complexity index is 1010. The Morgan fingerprint density at radius 1 is 0.733 bits per heavy atom. The van der Waals surface area contributed by atoms with Gasteiger partial charge in [-0.05, 0) is 67.1 Å². The van der Waals surface area contributed by atoms with Crippen LogP contribution in [0.1, 0.15) is 56.1 Å². The Balaban J connectivity index is 1.61. The number of hydrogen-bond donors (Lipinski definition) is 0. The van der Waals surface area contributed by atoms with E-state index in [1.54, 1.807) is 38.1 Å². The van der Waals surface area contributed by atoms with Crippen molar-refractivity contribution in [2.45, 2.75) is 39.5 Å². The number of Topliss-reactive ketones (excluding diaryl/α,β-unsaturated/α-hetero) is 2. The van der Waals surface area contributed by atoms with E-state index in [4.69, 9.17) is 0 Å². The van der Waals surface area contributed by atoms with Crippen LogP contribution in [0.2, 0.25) is 0 Å². The van der Waals surface area contributed by atoms with E-state index in [-0.39, 0.29) is 47.4 Å². The first-order chi connectivity index (χ1) is 14.3. The number of carbonyl (C=O) groups is 2. The third-order valence-corrected chi connectivity index (χ3v) is 4.96. The van der Waals surface area contributed by atoms with Crippen molar-refractivity contribution in [2.75, 3.05) is 0 Å². The van der Waals surface area contributed by atoms with Crippen LogP contribution in [-0.2, 0) is 12.8 Å². The third kappa shape index (κ3) is 5.41. The minimum absolute atomic E-state index is 0.185. The highest BCUT2D eigenvalue weighted by Gasteiger charge is 2.14. The zero-order chi connectivity index (χ0) is 21.7. The number of halogens is 2. The second-order valence-electron chi connectivity index (χ2n) is 7.30. The van der Waals surface area contributed by atoms with Gasteiger partial charge in [-0.25, -0.2) is 18.7 Å². The minimum Gasteiger partial charge on any atom is -0.292 e. The van der Waals surface area contributed by atoms with Crippen molar-refractivity contribution in [1.82, 2.24) is 9.97 Å². The number of benzene rings is 2. The quantitative estimate of drug-likeness (QED) is 0.492. The summed E-state index contributed by atoms with van der Waals surface area (Å²) >= 11 is 0. The first-order valence-electron chi connectivity index (χ1n) is 9.72. The predicted molar refractivity (Wildman–Crippen MR) is 110 cm³/mol. The van der Waals surface area contributed by atoms with Gasteiger partial charge in [-0.1, -0.05) is 24.3 Å². The van der Waals surface area contributed by atoms with E-state index >= 15 is 0 Å². The van der Waals surface area contributed by atoms with Gasteiger partial charge >= 0.3 is 0 Å². The van der Waals surface area contributed by atoms with Crippen molar-refractivity contribution in [3.8, 4) is 0 Å². The lowest BCUT2D eigenvalue weighted by Crippen LogP contribution is -2.10. The fourth-order valence-corrected chi connectivity index (χ4v) is 3.16. The van der Waals surface area contributed by atoms with Crippen molar-refractivity contribution in [3.63, 3.8) is 0 Å². The summed E-state index contributed by atoms with van der Waals surface area (Å²) in [4.78, 5) is 32.9. The molecule has 4 nitrogen and oxygen atoms in total. The zero-order valence-electron chi connectivity index (χ0n) is 16.9. The van der Waals surface area contributed by atoms with Gasteiger partial charge in [0.15, 0.2) is 11.6 Å². The van der Waals surface area contributed by atoms with E-state index in [1.807, 2.05) is 0 Å². The van der Waals surface area contributed by atoms with Crippen molar-refractivity contribution in [3.05, 3.63) is 94.1 Å². The fourth-order valence-electron chi connectivity index (χ4n) is 3.16. The molecule has 1 heterocycles. The summed E-state index contributed by atoms with van der Waals surface area (Å²) in [6.45, 7) is 3.35. The van der Waals surface area contributed by atoms with Crippen molar-refractivity contribution >= 4 is 11.6 Å². The molecule has 0 bridgehead atoms. The molecule has 0 saturated heterocycles. The molecule has 1 aromatic heterocycles. The summed E-state index contributed by atoms with van der Waals surface area (Å²) in [5, 5.41) is 0. The van der Waals surface area contributed by atoms with Gasteiger partial charge in [0.2, 0.25) is 0 Å². The lowest BCUT2D eigenvalue weighted by atomic mass is 10.0. The van der Waals surface area contributed by atoms with Crippen LogP contribution in [0.5, 0.6) is 0 Å². The van der Waals surface area contributed by atoms with Crippen LogP contribution in [0, 0.1) is 25.5 Å². The molecule has 154 valence electrons. The molecule has 0 N–H and O–H groups in total. The van der Waals surface area contributed by atoms with Crippen LogP contribution >= 0.6 is 0 Å². The van der Waals surface area contributed by atoms with E-state index in [1.165, 1.54) is 24.5 Å². The third-order valence-electron chi connectivity index (χ3n) is 4.96. The molecule has 0 radical (unpaired) electrons. The second-order valence-corrected chi connectivity index (χ2v) is 7.30. The summed E-state index contributed by atoms with van der Waals surface area (Å²) < 4.78 is 26.7. The SMILES string of the molecule is Cc1cc(CCC(=O)c2cc(C(=O)CCc3ccc(F)c(C)c3)ncn2)ccc1F. The Morgan fingerprint density at radius 3 is 1.57 bits per heavy atom. The molecule has 0 fully saturated rings. The van der Waals surface area contributed by atoms with Crippen LogP contribution in [0.15, 0.2) is 48.8 Å². The maximum atomic E-state index is 13.4. The fraction of sp³-hybridized carbons (Fsp3) is 0.250. The highest BCUT2D eigenvalue weighted by molar-refractivity contribution is 5.99. The van der Waals surface area contributed by atoms with E-state index in [2.05, 4.69) is 9.97 Å². The highest BCUT2D eigenvalue weighted by atomic mass is 19.1. The molecule has 3 aromatic rings. The van der Waals surface area contributed by atoms with Crippen LogP contribution in [0.4, 0.5) is 8.78 Å². The zero-order valence-corrected chi connectivity index (χ0v) is 16.9. The standard InChI is InChI=1S/C24H22F2N2O2/c1-15-11-17(3-7-19(15)25)5-9-23(29)21-13-22(28-14-27-21)24(30)10-6-18-4-8-20(26)16(2)12-18/h3-4,7-8,11-14H,5-6,9-10H2,1-2H3. The molecule has 0 spiro atoms. The van der Waals surface area contributed by atoms with Gasteiger partial charge in [0.1, 0.15) is 29.3 Å². The Kier molecular flexibility index (Phi) is 6.77. The van der Waals surface area contributed by atoms with Crippen molar-refractivity contribution < 1.29 is 18.4 Å². The van der Waals surface area contributed by atoms with Crippen molar-refractivity contribution in [2.24, 2.45) is 0 Å². The van der Waals surface area contributed by atoms with Crippen LogP contribution < -0.4 is 0 Å². The van der Waals surface area contributed by atoms with Gasteiger partial charge in [-0.15, -0.1) is 0 Å². The number of hydrogen-bond acceptors (Lipinski definition) is 4. The monoisotopic (exact) mass is 408 g/mol. The summed E-state index contributed by atoms with van der Waals surface area (Å²) in [5.41, 5.74) is 3.16. The normalized spacial score (nSPS) is 10.8. The largest absolute Gasteiger partial charge is 0.292 e. The van der Waals surface area contributed by atoms with Crippen LogP contribution in [-0.4, -0.2) is 21.5 Å². The maximum absolute atomic E-state index is 13.4. The molecule has 0 aliphatic heterocycles. The number of carbonyl (C=O) groups excluding carboxylic acids is 2. The van der Waals surface area contributed by atoms with E-state index in [9.17, 15) is 18.4 Å². The molecular weight excluding hydrogens is 386 g/mol. The minimum atomic E-state index is -0.278. The van der Waals surface area contributed by atoms with Gasteiger partial charge in [0.05, 0.1) is 0 Å². The van der Waals surface area contributed by atoms with Crippen LogP contribution in [0.25, 0.3) is 0 Å². The summed E-state index contributed by atoms with van der Waals surface area (Å²) in [6, 6.07) is 10.9. The second kappa shape index (κ2) is 9.48. The predicted octanol–water partition coefficient (Wildman–Crippen LogP) is 5.00. The smallest absolute Gasteiger partial charge is 0.181 e. The Labute approximate surface area is 174 Å². The van der Waals surface area contributed by atoms with Crippen LogP contribution in [0.3, 0.4) is 0 Å². The van der Waals surface area contributed by atoms with Gasteiger partial charge in [0.25, 0.3) is 0 Å². The molecule has 0 amide bonds. The maximum Gasteiger partial charge on any atom is 0.181 e. The lowest BCUT2D eigenvalue weighted by Gasteiger charge is -2.06. The molecule has 2 aromatic carbocycles. The molecule has 0 atom stereocenters. The average Bonchev–Trinajstić information content (AvgIpc) is 2.75. The average molecular weight is 408 g/mol. The molecular formula is C24H22F2N2O2. The summed E-state index contributed by atoms with van der Waals surface area (Å²) in [5.74, 6) is -0.968. The molecule has 0 aliphatic rings. The van der Waals surface area contributed by atoms with Gasteiger partial charge in [0, 0.05) is 12.8 Å². The lowest BCUT2D eigenvalue weighted by molar-refractivity contribution is 0.0977. The number of rotatable bonds is 8. The molecule has 0 saturated carbocycles. The van der Waals surface area contributed by atoms with E-state index < -0.39 is 0 Å². The molecule has 0 unspecified atom stereocenters. The number of aromatic nitrogens is 2. The number of aryl methyl sites for hydroxylation is 4. The van der Waals surface area contributed by atoms with Gasteiger partial charge in [-0.2, -0.15) is 0 Å². The Hall–Kier alpha value is -3.28. The Morgan fingerprint density at radius 2 is 1.17 bits per heavy atom. The summed E-state index contributed by atoms with van der Waals surface area (Å²) in [6.07, 6.45) is 2.52. The molecule has 3 rings (SSSR count). The molecule has 0 aliphatic carbocycles. The van der Waals surface area contributed by atoms with E-state index in [0.717, 1.165) is 11.1 Å².